The van der Waals surface area contributed by atoms with Gasteiger partial charge in [-0.3, -0.25) is 14.8 Å². The highest BCUT2D eigenvalue weighted by molar-refractivity contribution is 7.22. The molecule has 0 saturated heterocycles. The Hall–Kier alpha value is -2.73. The zero-order valence-electron chi connectivity index (χ0n) is 12.5. The van der Waals surface area contributed by atoms with E-state index in [1.807, 2.05) is 31.2 Å². The first-order chi connectivity index (χ1) is 11.2. The highest BCUT2D eigenvalue weighted by Crippen LogP contribution is 2.31. The lowest BCUT2D eigenvalue weighted by atomic mass is 10.1. The molecule has 2 aromatic carbocycles. The number of thiazole rings is 1. The lowest BCUT2D eigenvalue weighted by Crippen LogP contribution is -2.13. The second kappa shape index (κ2) is 5.48. The maximum Gasteiger partial charge on any atom is 0.277 e. The Labute approximate surface area is 136 Å². The molecular formula is C17H14N4OS. The summed E-state index contributed by atoms with van der Waals surface area (Å²) in [6.45, 7) is 2.72. The summed E-state index contributed by atoms with van der Waals surface area (Å²) in [5.41, 5.74) is 1.32. The molecular weight excluding hydrogens is 308 g/mol. The Morgan fingerprint density at radius 1 is 1.22 bits per heavy atom. The van der Waals surface area contributed by atoms with Gasteiger partial charge in [-0.25, -0.2) is 4.98 Å². The molecule has 2 aromatic heterocycles. The molecule has 1 amide bonds. The highest BCUT2D eigenvalue weighted by atomic mass is 32.1. The zero-order chi connectivity index (χ0) is 15.8. The first-order valence-electron chi connectivity index (χ1n) is 7.37. The van der Waals surface area contributed by atoms with Crippen LogP contribution < -0.4 is 5.32 Å². The van der Waals surface area contributed by atoms with E-state index in [0.717, 1.165) is 27.5 Å². The number of carbonyl (C=O) groups excluding carboxylic acids is 1. The number of amides is 1. The molecule has 114 valence electrons. The van der Waals surface area contributed by atoms with Crippen LogP contribution in [0.2, 0.25) is 0 Å². The van der Waals surface area contributed by atoms with Gasteiger partial charge in [0.25, 0.3) is 5.91 Å². The van der Waals surface area contributed by atoms with Crippen molar-refractivity contribution in [3.8, 4) is 0 Å². The topological polar surface area (TPSA) is 59.8 Å². The SMILES string of the molecule is CCn1ccc(C(=O)Nc2nc3c(ccc4ccccc43)s2)n1. The normalized spacial score (nSPS) is 11.2. The zero-order valence-corrected chi connectivity index (χ0v) is 13.3. The molecule has 0 aliphatic heterocycles. The average molecular weight is 322 g/mol. The molecule has 0 aliphatic rings. The molecule has 2 heterocycles. The van der Waals surface area contributed by atoms with Crippen molar-refractivity contribution in [1.82, 2.24) is 14.8 Å². The summed E-state index contributed by atoms with van der Waals surface area (Å²) in [6, 6.07) is 13.9. The minimum absolute atomic E-state index is 0.236. The molecule has 0 bridgehead atoms. The van der Waals surface area contributed by atoms with E-state index in [9.17, 15) is 4.79 Å². The van der Waals surface area contributed by atoms with Gasteiger partial charge in [0.05, 0.1) is 10.2 Å². The average Bonchev–Trinajstić information content (AvgIpc) is 3.21. The van der Waals surface area contributed by atoms with E-state index in [0.29, 0.717) is 10.8 Å². The summed E-state index contributed by atoms with van der Waals surface area (Å²) in [5.74, 6) is -0.236. The van der Waals surface area contributed by atoms with E-state index in [-0.39, 0.29) is 5.91 Å². The molecule has 0 atom stereocenters. The molecule has 0 aliphatic carbocycles. The number of hydrogen-bond acceptors (Lipinski definition) is 4. The van der Waals surface area contributed by atoms with Crippen molar-refractivity contribution in [2.24, 2.45) is 0 Å². The van der Waals surface area contributed by atoms with Crippen LogP contribution in [0, 0.1) is 0 Å². The van der Waals surface area contributed by atoms with E-state index in [2.05, 4.69) is 27.5 Å². The molecule has 4 rings (SSSR count). The summed E-state index contributed by atoms with van der Waals surface area (Å²) in [4.78, 5) is 16.8. The number of fused-ring (bicyclic) bond motifs is 3. The maximum atomic E-state index is 12.3. The summed E-state index contributed by atoms with van der Waals surface area (Å²) in [5, 5.41) is 9.88. The molecule has 6 heteroatoms. The smallest absolute Gasteiger partial charge is 0.277 e. The van der Waals surface area contributed by atoms with Crippen LogP contribution >= 0.6 is 11.3 Å². The van der Waals surface area contributed by atoms with Gasteiger partial charge < -0.3 is 0 Å². The maximum absolute atomic E-state index is 12.3. The number of anilines is 1. The van der Waals surface area contributed by atoms with Crippen molar-refractivity contribution < 1.29 is 4.79 Å². The first kappa shape index (κ1) is 13.9. The third-order valence-electron chi connectivity index (χ3n) is 3.70. The lowest BCUT2D eigenvalue weighted by Gasteiger charge is -1.98. The van der Waals surface area contributed by atoms with Crippen LogP contribution in [0.1, 0.15) is 17.4 Å². The van der Waals surface area contributed by atoms with Crippen LogP contribution in [0.25, 0.3) is 21.0 Å². The second-order valence-electron chi connectivity index (χ2n) is 5.16. The molecule has 5 nitrogen and oxygen atoms in total. The van der Waals surface area contributed by atoms with Gasteiger partial charge in [0, 0.05) is 18.1 Å². The van der Waals surface area contributed by atoms with E-state index in [4.69, 9.17) is 0 Å². The Balaban J connectivity index is 1.69. The summed E-state index contributed by atoms with van der Waals surface area (Å²) in [7, 11) is 0. The van der Waals surface area contributed by atoms with Gasteiger partial charge in [-0.1, -0.05) is 41.7 Å². The Kier molecular flexibility index (Phi) is 3.31. The van der Waals surface area contributed by atoms with Crippen LogP contribution in [0.4, 0.5) is 5.13 Å². The number of nitrogens with zero attached hydrogens (tertiary/aromatic N) is 3. The summed E-state index contributed by atoms with van der Waals surface area (Å²) in [6.07, 6.45) is 1.79. The van der Waals surface area contributed by atoms with Crippen molar-refractivity contribution in [2.45, 2.75) is 13.5 Å². The summed E-state index contributed by atoms with van der Waals surface area (Å²) < 4.78 is 2.78. The molecule has 1 N–H and O–H groups in total. The standard InChI is InChI=1S/C17H14N4OS/c1-2-21-10-9-13(20-21)16(22)19-17-18-15-12-6-4-3-5-11(12)7-8-14(15)23-17/h3-10H,2H2,1H3,(H,18,19,22). The Bertz CT molecular complexity index is 1020. The highest BCUT2D eigenvalue weighted by Gasteiger charge is 2.13. The van der Waals surface area contributed by atoms with Gasteiger partial charge in [0.1, 0.15) is 0 Å². The molecule has 0 spiro atoms. The number of nitrogens with one attached hydrogen (secondary N) is 1. The number of rotatable bonds is 3. The molecule has 4 aromatic rings. The van der Waals surface area contributed by atoms with Crippen molar-refractivity contribution in [2.75, 3.05) is 5.32 Å². The molecule has 0 fully saturated rings. The van der Waals surface area contributed by atoms with Gasteiger partial charge in [0.2, 0.25) is 0 Å². The third-order valence-corrected chi connectivity index (χ3v) is 4.64. The van der Waals surface area contributed by atoms with E-state index in [1.54, 1.807) is 16.9 Å². The lowest BCUT2D eigenvalue weighted by molar-refractivity contribution is 0.102. The molecule has 0 saturated carbocycles. The van der Waals surface area contributed by atoms with Crippen molar-refractivity contribution in [1.29, 1.82) is 0 Å². The predicted octanol–water partition coefficient (Wildman–Crippen LogP) is 3.92. The van der Waals surface area contributed by atoms with E-state index in [1.165, 1.54) is 11.3 Å². The van der Waals surface area contributed by atoms with Crippen molar-refractivity contribution in [3.63, 3.8) is 0 Å². The predicted molar refractivity (Wildman–Crippen MR) is 93.0 cm³/mol. The summed E-state index contributed by atoms with van der Waals surface area (Å²) >= 11 is 1.47. The number of carbonyl (C=O) groups is 1. The van der Waals surface area contributed by atoms with E-state index < -0.39 is 0 Å². The van der Waals surface area contributed by atoms with E-state index >= 15 is 0 Å². The van der Waals surface area contributed by atoms with Gasteiger partial charge in [0.15, 0.2) is 10.8 Å². The van der Waals surface area contributed by atoms with Crippen molar-refractivity contribution in [3.05, 3.63) is 54.4 Å². The second-order valence-corrected chi connectivity index (χ2v) is 6.19. The number of hydrogen-bond donors (Lipinski definition) is 1. The minimum Gasteiger partial charge on any atom is -0.296 e. The largest absolute Gasteiger partial charge is 0.296 e. The van der Waals surface area contributed by atoms with Gasteiger partial charge in [-0.2, -0.15) is 5.10 Å². The third kappa shape index (κ3) is 2.47. The number of aryl methyl sites for hydroxylation is 1. The fourth-order valence-corrected chi connectivity index (χ4v) is 3.41. The Morgan fingerprint density at radius 2 is 2.09 bits per heavy atom. The molecule has 0 radical (unpaired) electrons. The fraction of sp³-hybridized carbons (Fsp3) is 0.118. The molecule has 23 heavy (non-hydrogen) atoms. The first-order valence-corrected chi connectivity index (χ1v) is 8.19. The minimum atomic E-state index is -0.236. The van der Waals surface area contributed by atoms with Crippen molar-refractivity contribution >= 4 is 43.4 Å². The van der Waals surface area contributed by atoms with Gasteiger partial charge in [-0.15, -0.1) is 0 Å². The number of aromatic nitrogens is 3. The Morgan fingerprint density at radius 3 is 2.91 bits per heavy atom. The van der Waals surface area contributed by atoms with Crippen LogP contribution in [0.5, 0.6) is 0 Å². The monoisotopic (exact) mass is 322 g/mol. The van der Waals surface area contributed by atoms with Crippen LogP contribution in [0.3, 0.4) is 0 Å². The molecule has 0 unspecified atom stereocenters. The van der Waals surface area contributed by atoms with Gasteiger partial charge in [-0.05, 0) is 24.4 Å². The van der Waals surface area contributed by atoms with Crippen LogP contribution in [0.15, 0.2) is 48.7 Å². The quantitative estimate of drug-likeness (QED) is 0.622. The van der Waals surface area contributed by atoms with Crippen LogP contribution in [-0.4, -0.2) is 20.7 Å². The van der Waals surface area contributed by atoms with Gasteiger partial charge >= 0.3 is 0 Å². The number of benzene rings is 2. The fourth-order valence-electron chi connectivity index (χ4n) is 2.53. The van der Waals surface area contributed by atoms with Crippen LogP contribution in [-0.2, 0) is 6.54 Å².